The Balaban J connectivity index is 2.05. The maximum Gasteiger partial charge on any atom is 0.309 e. The molecule has 4 heteroatoms. The van der Waals surface area contributed by atoms with Crippen LogP contribution < -0.4 is 0 Å². The first-order chi connectivity index (χ1) is 7.89. The number of carboxylic acids is 2. The van der Waals surface area contributed by atoms with Crippen LogP contribution in [-0.2, 0) is 9.59 Å². The monoisotopic (exact) mass is 238 g/mol. The molecular formula is C13H18O4. The fourth-order valence-corrected chi connectivity index (χ4v) is 4.88. The predicted molar refractivity (Wildman–Crippen MR) is 59.4 cm³/mol. The van der Waals surface area contributed by atoms with Crippen molar-refractivity contribution in [1.29, 1.82) is 0 Å². The van der Waals surface area contributed by atoms with Gasteiger partial charge in [-0.2, -0.15) is 0 Å². The summed E-state index contributed by atoms with van der Waals surface area (Å²) in [4.78, 5) is 23.1. The third-order valence-corrected chi connectivity index (χ3v) is 5.68. The summed E-state index contributed by atoms with van der Waals surface area (Å²) in [6.07, 6.45) is 3.11. The molecule has 0 amide bonds. The van der Waals surface area contributed by atoms with Gasteiger partial charge in [0.05, 0.1) is 10.8 Å². The molecule has 0 radical (unpaired) electrons. The van der Waals surface area contributed by atoms with Crippen molar-refractivity contribution < 1.29 is 19.8 Å². The van der Waals surface area contributed by atoms with Crippen molar-refractivity contribution in [2.45, 2.75) is 39.0 Å². The standard InChI is InChI=1S/C13H18O4/c1-7-8-2-12(10(14)15)4-9(7)5-13(3-8,6-12)11(16)17/h7-9H,2-6H2,1H3,(H,14,15)(H,16,17). The summed E-state index contributed by atoms with van der Waals surface area (Å²) < 4.78 is 0. The molecule has 0 aliphatic heterocycles. The van der Waals surface area contributed by atoms with Crippen molar-refractivity contribution in [3.05, 3.63) is 0 Å². The smallest absolute Gasteiger partial charge is 0.309 e. The van der Waals surface area contributed by atoms with Gasteiger partial charge in [0, 0.05) is 0 Å². The number of hydrogen-bond donors (Lipinski definition) is 2. The van der Waals surface area contributed by atoms with Gasteiger partial charge in [0.1, 0.15) is 0 Å². The fourth-order valence-electron chi connectivity index (χ4n) is 4.88. The first-order valence-corrected chi connectivity index (χ1v) is 6.35. The average Bonchev–Trinajstić information content (AvgIpc) is 2.24. The summed E-state index contributed by atoms with van der Waals surface area (Å²) in [6, 6.07) is 0. The number of hydrogen-bond acceptors (Lipinski definition) is 2. The summed E-state index contributed by atoms with van der Waals surface area (Å²) in [5.74, 6) is -0.462. The van der Waals surface area contributed by atoms with E-state index in [2.05, 4.69) is 6.92 Å². The van der Waals surface area contributed by atoms with Crippen LogP contribution in [-0.4, -0.2) is 22.2 Å². The van der Waals surface area contributed by atoms with Crippen LogP contribution in [0.15, 0.2) is 0 Å². The molecule has 4 fully saturated rings. The molecule has 0 heterocycles. The minimum absolute atomic E-state index is 0.295. The normalized spacial score (nSPS) is 51.5. The van der Waals surface area contributed by atoms with Gasteiger partial charge in [-0.15, -0.1) is 0 Å². The molecular weight excluding hydrogens is 220 g/mol. The van der Waals surface area contributed by atoms with Crippen molar-refractivity contribution >= 4 is 11.9 Å². The predicted octanol–water partition coefficient (Wildman–Crippen LogP) is 1.99. The maximum atomic E-state index is 11.5. The van der Waals surface area contributed by atoms with Gasteiger partial charge >= 0.3 is 11.9 Å². The molecule has 0 aromatic carbocycles. The number of rotatable bonds is 2. The Labute approximate surface area is 100 Å². The average molecular weight is 238 g/mol. The van der Waals surface area contributed by atoms with Crippen LogP contribution >= 0.6 is 0 Å². The number of carboxylic acid groups (broad SMARTS) is 2. The molecule has 0 aromatic heterocycles. The molecule has 2 N–H and O–H groups in total. The molecule has 17 heavy (non-hydrogen) atoms. The second-order valence-electron chi connectivity index (χ2n) is 6.54. The second kappa shape index (κ2) is 3.03. The molecule has 4 rings (SSSR count). The van der Waals surface area contributed by atoms with Gasteiger partial charge in [0.15, 0.2) is 0 Å². The molecule has 0 atom stereocenters. The summed E-state index contributed by atoms with van der Waals surface area (Å²) in [5.41, 5.74) is -1.48. The third kappa shape index (κ3) is 1.24. The summed E-state index contributed by atoms with van der Waals surface area (Å²) in [5, 5.41) is 18.9. The van der Waals surface area contributed by atoms with Crippen molar-refractivity contribution in [2.24, 2.45) is 28.6 Å². The molecule has 0 spiro atoms. The zero-order valence-corrected chi connectivity index (χ0v) is 9.98. The number of carbonyl (C=O) groups is 2. The third-order valence-electron chi connectivity index (χ3n) is 5.68. The van der Waals surface area contributed by atoms with E-state index in [0.29, 0.717) is 49.9 Å². The first-order valence-electron chi connectivity index (χ1n) is 6.35. The molecule has 4 saturated carbocycles. The van der Waals surface area contributed by atoms with Gasteiger partial charge in [-0.05, 0) is 49.9 Å². The Hall–Kier alpha value is -1.06. The zero-order chi connectivity index (χ0) is 12.4. The van der Waals surface area contributed by atoms with Crippen molar-refractivity contribution in [2.75, 3.05) is 0 Å². The lowest BCUT2D eigenvalue weighted by molar-refractivity contribution is -0.195. The van der Waals surface area contributed by atoms with Crippen LogP contribution in [0.5, 0.6) is 0 Å². The van der Waals surface area contributed by atoms with Gasteiger partial charge in [0.2, 0.25) is 0 Å². The van der Waals surface area contributed by atoms with Crippen LogP contribution in [0.1, 0.15) is 39.0 Å². The van der Waals surface area contributed by atoms with E-state index in [9.17, 15) is 19.8 Å². The molecule has 4 nitrogen and oxygen atoms in total. The Kier molecular flexibility index (Phi) is 1.97. The van der Waals surface area contributed by atoms with Gasteiger partial charge in [-0.3, -0.25) is 9.59 Å². The summed E-state index contributed by atoms with van der Waals surface area (Å²) in [7, 11) is 0. The minimum atomic E-state index is -0.774. The Morgan fingerprint density at radius 2 is 1.29 bits per heavy atom. The van der Waals surface area contributed by atoms with E-state index in [1.807, 2.05) is 0 Å². The van der Waals surface area contributed by atoms with Crippen molar-refractivity contribution in [1.82, 2.24) is 0 Å². The zero-order valence-electron chi connectivity index (χ0n) is 9.98. The van der Waals surface area contributed by atoms with E-state index in [-0.39, 0.29) is 0 Å². The van der Waals surface area contributed by atoms with Crippen LogP contribution in [0.2, 0.25) is 0 Å². The van der Waals surface area contributed by atoms with Gasteiger partial charge in [0.25, 0.3) is 0 Å². The minimum Gasteiger partial charge on any atom is -0.481 e. The quantitative estimate of drug-likeness (QED) is 0.771. The van der Waals surface area contributed by atoms with Crippen LogP contribution in [0, 0.1) is 28.6 Å². The molecule has 4 aliphatic rings. The van der Waals surface area contributed by atoms with E-state index in [0.717, 1.165) is 0 Å². The van der Waals surface area contributed by atoms with Gasteiger partial charge in [-0.1, -0.05) is 6.92 Å². The van der Waals surface area contributed by atoms with E-state index in [1.54, 1.807) is 0 Å². The Morgan fingerprint density at radius 1 is 0.941 bits per heavy atom. The van der Waals surface area contributed by atoms with Crippen LogP contribution in [0.4, 0.5) is 0 Å². The van der Waals surface area contributed by atoms with E-state index >= 15 is 0 Å². The highest BCUT2D eigenvalue weighted by atomic mass is 16.4. The lowest BCUT2D eigenvalue weighted by atomic mass is 9.41. The maximum absolute atomic E-state index is 11.5. The van der Waals surface area contributed by atoms with Gasteiger partial charge < -0.3 is 10.2 Å². The van der Waals surface area contributed by atoms with E-state index < -0.39 is 22.8 Å². The number of aliphatic carboxylic acids is 2. The van der Waals surface area contributed by atoms with E-state index in [4.69, 9.17) is 0 Å². The lowest BCUT2D eigenvalue weighted by Crippen LogP contribution is -2.60. The molecule has 0 aromatic rings. The SMILES string of the molecule is CC1C2CC3(C(=O)O)CC1CC(C(=O)O)(C2)C3. The topological polar surface area (TPSA) is 74.6 Å². The Bertz CT molecular complexity index is 352. The molecule has 0 unspecified atom stereocenters. The lowest BCUT2D eigenvalue weighted by Gasteiger charge is -2.61. The highest BCUT2D eigenvalue weighted by Gasteiger charge is 2.65. The van der Waals surface area contributed by atoms with Gasteiger partial charge in [-0.25, -0.2) is 0 Å². The molecule has 0 saturated heterocycles. The molecule has 4 aliphatic carbocycles. The highest BCUT2D eigenvalue weighted by Crippen LogP contribution is 2.67. The fraction of sp³-hybridized carbons (Fsp3) is 0.846. The van der Waals surface area contributed by atoms with E-state index in [1.165, 1.54) is 0 Å². The highest BCUT2D eigenvalue weighted by molar-refractivity contribution is 5.81. The largest absolute Gasteiger partial charge is 0.481 e. The molecule has 94 valence electrons. The first kappa shape index (κ1) is 11.1. The molecule has 4 bridgehead atoms. The summed E-state index contributed by atoms with van der Waals surface area (Å²) >= 11 is 0. The van der Waals surface area contributed by atoms with Crippen LogP contribution in [0.3, 0.4) is 0 Å². The van der Waals surface area contributed by atoms with Crippen molar-refractivity contribution in [3.63, 3.8) is 0 Å². The second-order valence-corrected chi connectivity index (χ2v) is 6.54. The Morgan fingerprint density at radius 3 is 1.59 bits per heavy atom. The summed E-state index contributed by atoms with van der Waals surface area (Å²) in [6.45, 7) is 2.16. The van der Waals surface area contributed by atoms with Crippen molar-refractivity contribution in [3.8, 4) is 0 Å². The van der Waals surface area contributed by atoms with Crippen LogP contribution in [0.25, 0.3) is 0 Å².